The van der Waals surface area contributed by atoms with Gasteiger partial charge >= 0.3 is 5.97 Å². The van der Waals surface area contributed by atoms with E-state index in [0.717, 1.165) is 24.4 Å². The molecule has 1 aliphatic rings. The molecule has 1 fully saturated rings. The van der Waals surface area contributed by atoms with Gasteiger partial charge in [-0.25, -0.2) is 0 Å². The van der Waals surface area contributed by atoms with E-state index >= 15 is 0 Å². The molecule has 5 heteroatoms. The second-order valence-electron chi connectivity index (χ2n) is 5.78. The number of rotatable bonds is 6. The molecule has 1 aromatic rings. The van der Waals surface area contributed by atoms with Crippen LogP contribution in [0.5, 0.6) is 0 Å². The van der Waals surface area contributed by atoms with Gasteiger partial charge in [0, 0.05) is 5.56 Å². The maximum Gasteiger partial charge on any atom is 0.312 e. The summed E-state index contributed by atoms with van der Waals surface area (Å²) in [6.45, 7) is 6.68. The van der Waals surface area contributed by atoms with E-state index in [1.165, 1.54) is 11.1 Å². The predicted octanol–water partition coefficient (Wildman–Crippen LogP) is 0.222. The summed E-state index contributed by atoms with van der Waals surface area (Å²) in [6.07, 6.45) is 0.940. The Hall–Kier alpha value is -1.88. The molecule has 0 bridgehead atoms. The Morgan fingerprint density at radius 2 is 2.18 bits per heavy atom. The van der Waals surface area contributed by atoms with Crippen LogP contribution in [0.1, 0.15) is 30.9 Å². The van der Waals surface area contributed by atoms with Crippen molar-refractivity contribution < 1.29 is 19.2 Å². The number of benzene rings is 1. The third-order valence-corrected chi connectivity index (χ3v) is 4.07. The van der Waals surface area contributed by atoms with Gasteiger partial charge in [0.15, 0.2) is 6.04 Å². The molecule has 22 heavy (non-hydrogen) atoms. The summed E-state index contributed by atoms with van der Waals surface area (Å²) in [7, 11) is 0. The van der Waals surface area contributed by atoms with E-state index < -0.39 is 0 Å². The van der Waals surface area contributed by atoms with Gasteiger partial charge in [-0.15, -0.1) is 0 Å². The van der Waals surface area contributed by atoms with Crippen molar-refractivity contribution in [1.29, 1.82) is 0 Å². The Balaban J connectivity index is 2.05. The van der Waals surface area contributed by atoms with Crippen molar-refractivity contribution in [3.05, 3.63) is 35.4 Å². The van der Waals surface area contributed by atoms with Crippen LogP contribution in [0.25, 0.3) is 0 Å². The van der Waals surface area contributed by atoms with Gasteiger partial charge in [-0.1, -0.05) is 31.2 Å². The normalized spacial score (nSPS) is 21.3. The summed E-state index contributed by atoms with van der Waals surface area (Å²) >= 11 is 0. The van der Waals surface area contributed by atoms with Crippen LogP contribution >= 0.6 is 0 Å². The fraction of sp³-hybridized carbons (Fsp3) is 0.529. The first-order valence-electron chi connectivity index (χ1n) is 7.94. The molecule has 1 saturated heterocycles. The number of amides is 1. The first kappa shape index (κ1) is 16.5. The van der Waals surface area contributed by atoms with Gasteiger partial charge in [-0.05, 0) is 18.9 Å². The average Bonchev–Trinajstić information content (AvgIpc) is 2.51. The summed E-state index contributed by atoms with van der Waals surface area (Å²) in [6, 6.07) is 7.81. The van der Waals surface area contributed by atoms with Crippen LogP contribution in [0.4, 0.5) is 0 Å². The Morgan fingerprint density at radius 3 is 2.91 bits per heavy atom. The molecule has 2 rings (SSSR count). The Labute approximate surface area is 131 Å². The van der Waals surface area contributed by atoms with Crippen molar-refractivity contribution in [2.45, 2.75) is 39.3 Å². The molecule has 1 amide bonds. The number of piperazine rings is 1. The number of aryl methyl sites for hydroxylation is 1. The van der Waals surface area contributed by atoms with E-state index in [2.05, 4.69) is 24.4 Å². The lowest BCUT2D eigenvalue weighted by Gasteiger charge is -2.31. The Kier molecular flexibility index (Phi) is 5.95. The molecule has 1 unspecified atom stereocenters. The number of hydrogen-bond donors (Lipinski definition) is 2. The van der Waals surface area contributed by atoms with Gasteiger partial charge in [0.05, 0.1) is 19.7 Å². The molecular weight excluding hydrogens is 280 g/mol. The maximum atomic E-state index is 12.1. The average molecular weight is 305 g/mol. The minimum atomic E-state index is -0.363. The van der Waals surface area contributed by atoms with Crippen LogP contribution in [0, 0.1) is 6.92 Å². The molecule has 120 valence electrons. The van der Waals surface area contributed by atoms with Crippen molar-refractivity contribution in [3.63, 3.8) is 0 Å². The first-order valence-corrected chi connectivity index (χ1v) is 7.94. The summed E-state index contributed by atoms with van der Waals surface area (Å²) in [5.41, 5.74) is 2.44. The quantitative estimate of drug-likeness (QED) is 0.739. The predicted molar refractivity (Wildman–Crippen MR) is 83.4 cm³/mol. The molecule has 0 spiro atoms. The third-order valence-electron chi connectivity index (χ3n) is 4.07. The molecule has 5 nitrogen and oxygen atoms in total. The summed E-state index contributed by atoms with van der Waals surface area (Å²) in [4.78, 5) is 25.1. The summed E-state index contributed by atoms with van der Waals surface area (Å²) < 4.78 is 5.13. The zero-order valence-corrected chi connectivity index (χ0v) is 13.4. The molecule has 1 aromatic carbocycles. The molecule has 1 aliphatic heterocycles. The fourth-order valence-corrected chi connectivity index (χ4v) is 2.77. The van der Waals surface area contributed by atoms with E-state index in [-0.39, 0.29) is 24.3 Å². The molecule has 0 radical (unpaired) electrons. The number of carbonyl (C=O) groups excluding carboxylic acids is 2. The van der Waals surface area contributed by atoms with E-state index in [9.17, 15) is 9.59 Å². The number of quaternary nitrogens is 1. The highest BCUT2D eigenvalue weighted by Crippen LogP contribution is 2.06. The lowest BCUT2D eigenvalue weighted by Crippen LogP contribution is -3.18. The van der Waals surface area contributed by atoms with Crippen LogP contribution in [0.15, 0.2) is 24.3 Å². The van der Waals surface area contributed by atoms with E-state index in [1.807, 2.05) is 19.1 Å². The minimum absolute atomic E-state index is 0.0525. The van der Waals surface area contributed by atoms with Gasteiger partial charge in [-0.3, -0.25) is 9.59 Å². The highest BCUT2D eigenvalue weighted by Gasteiger charge is 2.35. The van der Waals surface area contributed by atoms with Crippen LogP contribution in [-0.4, -0.2) is 37.6 Å². The summed E-state index contributed by atoms with van der Waals surface area (Å²) in [5.74, 6) is -0.338. The van der Waals surface area contributed by atoms with Crippen LogP contribution in [0.3, 0.4) is 0 Å². The number of nitrogens with one attached hydrogen (secondary N) is 2. The van der Waals surface area contributed by atoms with Gasteiger partial charge in [0.2, 0.25) is 0 Å². The highest BCUT2D eigenvalue weighted by molar-refractivity contribution is 5.85. The standard InChI is InChI=1S/C17H24N2O3/c1-3-10-22-16(20)11-15-17(21)18-8-9-19(15)12-14-7-5-4-6-13(14)2/h4-7,15H,3,8-12H2,1-2H3,(H,18,21)/p+1/t15-/m0/s1. The molecule has 1 heterocycles. The van der Waals surface area contributed by atoms with Gasteiger partial charge in [0.25, 0.3) is 5.91 Å². The van der Waals surface area contributed by atoms with Crippen molar-refractivity contribution in [2.24, 2.45) is 0 Å². The van der Waals surface area contributed by atoms with Crippen molar-refractivity contribution in [1.82, 2.24) is 5.32 Å². The number of ether oxygens (including phenoxy) is 1. The van der Waals surface area contributed by atoms with E-state index in [4.69, 9.17) is 4.74 Å². The molecule has 0 aromatic heterocycles. The second-order valence-corrected chi connectivity index (χ2v) is 5.78. The zero-order chi connectivity index (χ0) is 15.9. The van der Waals surface area contributed by atoms with Crippen molar-refractivity contribution in [2.75, 3.05) is 19.7 Å². The largest absolute Gasteiger partial charge is 0.466 e. The lowest BCUT2D eigenvalue weighted by atomic mass is 10.0. The Bertz CT molecular complexity index is 530. The van der Waals surface area contributed by atoms with Gasteiger partial charge in [-0.2, -0.15) is 0 Å². The fourth-order valence-electron chi connectivity index (χ4n) is 2.77. The lowest BCUT2D eigenvalue weighted by molar-refractivity contribution is -0.930. The third kappa shape index (κ3) is 4.31. The monoisotopic (exact) mass is 305 g/mol. The van der Waals surface area contributed by atoms with Crippen LogP contribution in [-0.2, 0) is 20.9 Å². The SMILES string of the molecule is CCCOC(=O)C[C@H]1C(=O)NCC[NH+]1Cc1ccccc1C. The molecule has 2 atom stereocenters. The van der Waals surface area contributed by atoms with Crippen molar-refractivity contribution >= 4 is 11.9 Å². The smallest absolute Gasteiger partial charge is 0.312 e. The van der Waals surface area contributed by atoms with Gasteiger partial charge < -0.3 is 15.0 Å². The molecule has 2 N–H and O–H groups in total. The minimum Gasteiger partial charge on any atom is -0.466 e. The number of hydrogen-bond acceptors (Lipinski definition) is 3. The molecule has 0 aliphatic carbocycles. The van der Waals surface area contributed by atoms with Crippen LogP contribution in [0.2, 0.25) is 0 Å². The van der Waals surface area contributed by atoms with E-state index in [0.29, 0.717) is 13.2 Å². The zero-order valence-electron chi connectivity index (χ0n) is 13.4. The summed E-state index contributed by atoms with van der Waals surface area (Å²) in [5, 5.41) is 2.86. The highest BCUT2D eigenvalue weighted by atomic mass is 16.5. The molecular formula is C17H25N2O3+. The van der Waals surface area contributed by atoms with E-state index in [1.54, 1.807) is 0 Å². The topological polar surface area (TPSA) is 59.8 Å². The second kappa shape index (κ2) is 7.94. The van der Waals surface area contributed by atoms with Gasteiger partial charge in [0.1, 0.15) is 13.0 Å². The number of carbonyl (C=O) groups is 2. The van der Waals surface area contributed by atoms with Crippen LogP contribution < -0.4 is 10.2 Å². The molecule has 0 saturated carbocycles. The Morgan fingerprint density at radius 1 is 1.41 bits per heavy atom. The first-order chi connectivity index (χ1) is 10.6. The van der Waals surface area contributed by atoms with Crippen molar-refractivity contribution in [3.8, 4) is 0 Å². The number of esters is 1. The maximum absolute atomic E-state index is 12.1.